The normalized spacial score (nSPS) is 27.8. The molecule has 1 aliphatic rings. The summed E-state index contributed by atoms with van der Waals surface area (Å²) in [5.41, 5.74) is -0.948. The molecule has 0 bridgehead atoms. The van der Waals surface area contributed by atoms with Gasteiger partial charge in [0.25, 0.3) is 0 Å². The van der Waals surface area contributed by atoms with Crippen LogP contribution in [0.3, 0.4) is 0 Å². The van der Waals surface area contributed by atoms with E-state index < -0.39 is 15.5 Å². The standard InChI is InChI=1S/C12H15FO3S/c13-12(6-1-7-17(15,16)9-12)8-10-2-4-11(14)5-3-10/h2-5,14H,1,6-9H2. The van der Waals surface area contributed by atoms with Crippen LogP contribution in [0.4, 0.5) is 4.39 Å². The first-order valence-electron chi connectivity index (χ1n) is 5.56. The van der Waals surface area contributed by atoms with Crippen molar-refractivity contribution in [2.24, 2.45) is 0 Å². The van der Waals surface area contributed by atoms with Gasteiger partial charge in [0.05, 0.1) is 11.5 Å². The largest absolute Gasteiger partial charge is 0.508 e. The van der Waals surface area contributed by atoms with Crippen LogP contribution in [0.15, 0.2) is 24.3 Å². The van der Waals surface area contributed by atoms with Gasteiger partial charge in [-0.05, 0) is 30.5 Å². The number of hydrogen-bond donors (Lipinski definition) is 1. The Hall–Kier alpha value is -1.10. The second-order valence-corrected chi connectivity index (χ2v) is 6.87. The van der Waals surface area contributed by atoms with E-state index in [1.807, 2.05) is 0 Å². The molecule has 1 aromatic rings. The van der Waals surface area contributed by atoms with Crippen molar-refractivity contribution in [3.8, 4) is 5.75 Å². The summed E-state index contributed by atoms with van der Waals surface area (Å²) < 4.78 is 37.3. The van der Waals surface area contributed by atoms with E-state index in [0.29, 0.717) is 12.0 Å². The topological polar surface area (TPSA) is 54.4 Å². The van der Waals surface area contributed by atoms with Crippen LogP contribution in [0, 0.1) is 0 Å². The summed E-state index contributed by atoms with van der Waals surface area (Å²) in [7, 11) is -3.24. The minimum atomic E-state index is -3.24. The maximum atomic E-state index is 14.4. The third kappa shape index (κ3) is 3.19. The lowest BCUT2D eigenvalue weighted by Gasteiger charge is -2.29. The zero-order valence-electron chi connectivity index (χ0n) is 9.39. The van der Waals surface area contributed by atoms with Gasteiger partial charge >= 0.3 is 0 Å². The fourth-order valence-corrected chi connectivity index (χ4v) is 4.03. The molecule has 0 aliphatic carbocycles. The predicted octanol–water partition coefficient (Wildman–Crippen LogP) is 1.85. The molecule has 1 fully saturated rings. The zero-order chi connectivity index (χ0) is 12.5. The number of sulfone groups is 1. The summed E-state index contributed by atoms with van der Waals surface area (Å²) in [5, 5.41) is 9.12. The highest BCUT2D eigenvalue weighted by Crippen LogP contribution is 2.30. The highest BCUT2D eigenvalue weighted by atomic mass is 32.2. The molecule has 1 N–H and O–H groups in total. The number of alkyl halides is 1. The number of phenols is 1. The van der Waals surface area contributed by atoms with E-state index in [1.165, 1.54) is 12.1 Å². The predicted molar refractivity (Wildman–Crippen MR) is 63.5 cm³/mol. The minimum absolute atomic E-state index is 0.0898. The molecular weight excluding hydrogens is 243 g/mol. The lowest BCUT2D eigenvalue weighted by Crippen LogP contribution is -2.40. The summed E-state index contributed by atoms with van der Waals surface area (Å²) >= 11 is 0. The van der Waals surface area contributed by atoms with Gasteiger partial charge in [0.1, 0.15) is 11.4 Å². The van der Waals surface area contributed by atoms with Crippen LogP contribution < -0.4 is 0 Å². The van der Waals surface area contributed by atoms with Crippen LogP contribution in [0.5, 0.6) is 5.75 Å². The van der Waals surface area contributed by atoms with E-state index in [9.17, 15) is 12.8 Å². The molecular formula is C12H15FO3S. The van der Waals surface area contributed by atoms with Gasteiger partial charge in [0.2, 0.25) is 0 Å². The first kappa shape index (κ1) is 12.4. The Kier molecular flexibility index (Phi) is 3.12. The third-order valence-electron chi connectivity index (χ3n) is 3.02. The second-order valence-electron chi connectivity index (χ2n) is 4.69. The number of halogens is 1. The van der Waals surface area contributed by atoms with Crippen LogP contribution in [0.1, 0.15) is 18.4 Å². The maximum absolute atomic E-state index is 14.4. The Morgan fingerprint density at radius 3 is 2.53 bits per heavy atom. The lowest BCUT2D eigenvalue weighted by atomic mass is 9.93. The summed E-state index contributed by atoms with van der Waals surface area (Å²) in [6.45, 7) is 0. The van der Waals surface area contributed by atoms with Gasteiger partial charge in [-0.2, -0.15) is 0 Å². The smallest absolute Gasteiger partial charge is 0.153 e. The van der Waals surface area contributed by atoms with Crippen LogP contribution in [0.25, 0.3) is 0 Å². The molecule has 2 rings (SSSR count). The van der Waals surface area contributed by atoms with E-state index in [4.69, 9.17) is 5.11 Å². The van der Waals surface area contributed by atoms with Crippen molar-refractivity contribution in [3.63, 3.8) is 0 Å². The van der Waals surface area contributed by atoms with Crippen molar-refractivity contribution < 1.29 is 17.9 Å². The maximum Gasteiger partial charge on any atom is 0.153 e. The molecule has 1 atom stereocenters. The summed E-state index contributed by atoms with van der Waals surface area (Å²) in [4.78, 5) is 0. The number of aromatic hydroxyl groups is 1. The SMILES string of the molecule is O=S1(=O)CCCC(F)(Cc2ccc(O)cc2)C1. The van der Waals surface area contributed by atoms with Crippen molar-refractivity contribution >= 4 is 9.84 Å². The molecule has 1 heterocycles. The fourth-order valence-electron chi connectivity index (χ4n) is 2.27. The zero-order valence-corrected chi connectivity index (χ0v) is 10.2. The van der Waals surface area contributed by atoms with E-state index in [1.54, 1.807) is 12.1 Å². The molecule has 0 saturated carbocycles. The third-order valence-corrected chi connectivity index (χ3v) is 4.88. The quantitative estimate of drug-likeness (QED) is 0.880. The Balaban J connectivity index is 2.14. The van der Waals surface area contributed by atoms with Crippen LogP contribution >= 0.6 is 0 Å². The van der Waals surface area contributed by atoms with Gasteiger partial charge in [-0.25, -0.2) is 12.8 Å². The summed E-state index contributed by atoms with van der Waals surface area (Å²) in [6, 6.07) is 6.21. The van der Waals surface area contributed by atoms with Crippen LogP contribution in [-0.4, -0.2) is 30.7 Å². The highest BCUT2D eigenvalue weighted by Gasteiger charge is 2.39. The molecule has 5 heteroatoms. The second kappa shape index (κ2) is 4.29. The van der Waals surface area contributed by atoms with E-state index in [-0.39, 0.29) is 30.1 Å². The van der Waals surface area contributed by atoms with Crippen molar-refractivity contribution in [3.05, 3.63) is 29.8 Å². The van der Waals surface area contributed by atoms with E-state index >= 15 is 0 Å². The first-order chi connectivity index (χ1) is 7.89. The molecule has 0 spiro atoms. The molecule has 1 unspecified atom stereocenters. The molecule has 1 saturated heterocycles. The van der Waals surface area contributed by atoms with Gasteiger partial charge < -0.3 is 5.11 Å². The molecule has 0 amide bonds. The van der Waals surface area contributed by atoms with Crippen molar-refractivity contribution in [1.82, 2.24) is 0 Å². The Labute approximate surface area is 100 Å². The molecule has 1 aliphatic heterocycles. The lowest BCUT2D eigenvalue weighted by molar-refractivity contribution is 0.171. The first-order valence-corrected chi connectivity index (χ1v) is 7.38. The minimum Gasteiger partial charge on any atom is -0.508 e. The molecule has 17 heavy (non-hydrogen) atoms. The Morgan fingerprint density at radius 1 is 1.29 bits per heavy atom. The van der Waals surface area contributed by atoms with Crippen molar-refractivity contribution in [1.29, 1.82) is 0 Å². The molecule has 0 radical (unpaired) electrons. The number of rotatable bonds is 2. The van der Waals surface area contributed by atoms with Crippen LogP contribution in [-0.2, 0) is 16.3 Å². The molecule has 3 nitrogen and oxygen atoms in total. The fraction of sp³-hybridized carbons (Fsp3) is 0.500. The Bertz CT molecular complexity index is 495. The highest BCUT2D eigenvalue weighted by molar-refractivity contribution is 7.91. The average Bonchev–Trinajstić information content (AvgIpc) is 2.19. The van der Waals surface area contributed by atoms with Crippen LogP contribution in [0.2, 0.25) is 0 Å². The number of benzene rings is 1. The molecule has 0 aromatic heterocycles. The van der Waals surface area contributed by atoms with Crippen molar-refractivity contribution in [2.75, 3.05) is 11.5 Å². The van der Waals surface area contributed by atoms with E-state index in [2.05, 4.69) is 0 Å². The van der Waals surface area contributed by atoms with Crippen molar-refractivity contribution in [2.45, 2.75) is 24.9 Å². The van der Waals surface area contributed by atoms with Gasteiger partial charge in [0.15, 0.2) is 9.84 Å². The summed E-state index contributed by atoms with van der Waals surface area (Å²) in [6.07, 6.45) is 0.760. The van der Waals surface area contributed by atoms with Gasteiger partial charge in [0, 0.05) is 6.42 Å². The average molecular weight is 258 g/mol. The van der Waals surface area contributed by atoms with Gasteiger partial charge in [-0.3, -0.25) is 0 Å². The monoisotopic (exact) mass is 258 g/mol. The van der Waals surface area contributed by atoms with Gasteiger partial charge in [-0.15, -0.1) is 0 Å². The molecule has 94 valence electrons. The Morgan fingerprint density at radius 2 is 1.94 bits per heavy atom. The molecule has 1 aromatic carbocycles. The van der Waals surface area contributed by atoms with Gasteiger partial charge in [-0.1, -0.05) is 12.1 Å². The number of phenolic OH excluding ortho intramolecular Hbond substituents is 1. The summed E-state index contributed by atoms with van der Waals surface area (Å²) in [5.74, 6) is -0.173. The van der Waals surface area contributed by atoms with E-state index in [0.717, 1.165) is 0 Å². The number of hydrogen-bond acceptors (Lipinski definition) is 3.